The number of aromatic nitrogens is 3. The first-order valence-electron chi connectivity index (χ1n) is 11.9. The molecule has 0 amide bonds. The van der Waals surface area contributed by atoms with Crippen LogP contribution in [0.15, 0.2) is 54.9 Å². The quantitative estimate of drug-likeness (QED) is 0.398. The summed E-state index contributed by atoms with van der Waals surface area (Å²) in [6, 6.07) is 13.5. The highest BCUT2D eigenvalue weighted by atomic mass is 16.5. The number of fused-ring (bicyclic) bond motifs is 1. The molecule has 0 bridgehead atoms. The molecular formula is C28H29N5O2. The van der Waals surface area contributed by atoms with E-state index in [1.54, 1.807) is 18.3 Å². The van der Waals surface area contributed by atoms with Crippen molar-refractivity contribution in [3.63, 3.8) is 0 Å². The monoisotopic (exact) mass is 467 g/mol. The van der Waals surface area contributed by atoms with Gasteiger partial charge in [-0.05, 0) is 44.5 Å². The summed E-state index contributed by atoms with van der Waals surface area (Å²) in [6.45, 7) is 12.0. The van der Waals surface area contributed by atoms with Crippen molar-refractivity contribution in [3.8, 4) is 28.4 Å². The highest BCUT2D eigenvalue weighted by Crippen LogP contribution is 2.37. The van der Waals surface area contributed by atoms with Crippen LogP contribution >= 0.6 is 0 Å². The first kappa shape index (κ1) is 23.0. The molecule has 1 aliphatic heterocycles. The molecule has 4 aromatic rings. The number of ether oxygens (including phenoxy) is 1. The Kier molecular flexibility index (Phi) is 6.49. The Bertz CT molecular complexity index is 1390. The Morgan fingerprint density at radius 2 is 2.03 bits per heavy atom. The van der Waals surface area contributed by atoms with Crippen molar-refractivity contribution in [2.75, 3.05) is 26.7 Å². The number of imidazole rings is 1. The molecule has 35 heavy (non-hydrogen) atoms. The van der Waals surface area contributed by atoms with E-state index in [0.717, 1.165) is 53.2 Å². The highest BCUT2D eigenvalue weighted by molar-refractivity contribution is 5.83. The van der Waals surface area contributed by atoms with Crippen LogP contribution in [0.25, 0.3) is 33.0 Å². The maximum atomic E-state index is 10.2. The second kappa shape index (κ2) is 9.87. The molecule has 5 rings (SSSR count). The second-order valence-corrected chi connectivity index (χ2v) is 9.29. The van der Waals surface area contributed by atoms with Crippen molar-refractivity contribution in [1.29, 1.82) is 0 Å². The van der Waals surface area contributed by atoms with Crippen LogP contribution in [0.1, 0.15) is 24.0 Å². The molecule has 0 saturated carbocycles. The predicted molar refractivity (Wildman–Crippen MR) is 136 cm³/mol. The molecule has 1 atom stereocenters. The van der Waals surface area contributed by atoms with Crippen molar-refractivity contribution >= 4 is 11.3 Å². The molecule has 7 heteroatoms. The molecule has 1 fully saturated rings. The lowest BCUT2D eigenvalue weighted by Gasteiger charge is -2.29. The summed E-state index contributed by atoms with van der Waals surface area (Å²) < 4.78 is 8.32. The summed E-state index contributed by atoms with van der Waals surface area (Å²) in [7, 11) is 2.15. The molecule has 3 heterocycles. The number of rotatable bonds is 6. The largest absolute Gasteiger partial charge is 0.475 e. The molecule has 0 spiro atoms. The molecule has 1 aliphatic rings. The Labute approximate surface area is 205 Å². The summed E-state index contributed by atoms with van der Waals surface area (Å²) in [6.07, 6.45) is 5.97. The van der Waals surface area contributed by atoms with Crippen LogP contribution in [0, 0.1) is 19.4 Å². The number of aliphatic hydroxyl groups excluding tert-OH is 1. The zero-order chi connectivity index (χ0) is 24.4. The third kappa shape index (κ3) is 4.63. The third-order valence-electron chi connectivity index (χ3n) is 6.64. The van der Waals surface area contributed by atoms with Crippen LogP contribution in [-0.4, -0.2) is 51.1 Å². The Morgan fingerprint density at radius 1 is 1.20 bits per heavy atom. The summed E-state index contributed by atoms with van der Waals surface area (Å²) in [5.74, 6) is 0.943. The fourth-order valence-electron chi connectivity index (χ4n) is 4.90. The minimum atomic E-state index is -0.0866. The molecule has 2 aromatic carbocycles. The van der Waals surface area contributed by atoms with Gasteiger partial charge >= 0.3 is 0 Å². The lowest BCUT2D eigenvalue weighted by molar-refractivity contribution is 0.148. The van der Waals surface area contributed by atoms with Gasteiger partial charge in [0, 0.05) is 30.4 Å². The van der Waals surface area contributed by atoms with Gasteiger partial charge in [-0.2, -0.15) is 0 Å². The van der Waals surface area contributed by atoms with E-state index in [0.29, 0.717) is 29.7 Å². The van der Waals surface area contributed by atoms with Crippen LogP contribution in [0.5, 0.6) is 5.88 Å². The van der Waals surface area contributed by atoms with Crippen LogP contribution in [0.4, 0.5) is 5.69 Å². The third-order valence-corrected chi connectivity index (χ3v) is 6.64. The lowest BCUT2D eigenvalue weighted by atomic mass is 9.98. The van der Waals surface area contributed by atoms with E-state index in [1.165, 1.54) is 6.42 Å². The smallest absolute Gasteiger partial charge is 0.259 e. The van der Waals surface area contributed by atoms with Gasteiger partial charge in [0.05, 0.1) is 31.2 Å². The Morgan fingerprint density at radius 3 is 2.77 bits per heavy atom. The fraction of sp³-hybridized carbons (Fsp3) is 0.321. The van der Waals surface area contributed by atoms with E-state index in [9.17, 15) is 5.11 Å². The van der Waals surface area contributed by atoms with E-state index in [1.807, 2.05) is 47.9 Å². The van der Waals surface area contributed by atoms with Gasteiger partial charge in [-0.15, -0.1) is 0 Å². The number of piperidine rings is 1. The van der Waals surface area contributed by atoms with Crippen LogP contribution in [0.2, 0.25) is 0 Å². The van der Waals surface area contributed by atoms with Crippen molar-refractivity contribution in [2.45, 2.75) is 26.4 Å². The Hall–Kier alpha value is -3.73. The summed E-state index contributed by atoms with van der Waals surface area (Å²) in [4.78, 5) is 15.4. The zero-order valence-electron chi connectivity index (χ0n) is 20.1. The van der Waals surface area contributed by atoms with Gasteiger partial charge < -0.3 is 14.7 Å². The minimum absolute atomic E-state index is 0.0866. The first-order valence-corrected chi connectivity index (χ1v) is 11.9. The van der Waals surface area contributed by atoms with Gasteiger partial charge in [0.1, 0.15) is 0 Å². The summed E-state index contributed by atoms with van der Waals surface area (Å²) >= 11 is 0. The Balaban J connectivity index is 1.66. The maximum Gasteiger partial charge on any atom is 0.259 e. The van der Waals surface area contributed by atoms with Crippen molar-refractivity contribution < 1.29 is 9.84 Å². The van der Waals surface area contributed by atoms with Gasteiger partial charge in [0.2, 0.25) is 5.65 Å². The molecule has 178 valence electrons. The molecular weight excluding hydrogens is 438 g/mol. The number of benzene rings is 2. The average molecular weight is 468 g/mol. The van der Waals surface area contributed by atoms with Crippen LogP contribution in [0.3, 0.4) is 0 Å². The van der Waals surface area contributed by atoms with Gasteiger partial charge in [-0.1, -0.05) is 48.0 Å². The number of likely N-dealkylation sites (tertiary alicyclic amines) is 1. The fourth-order valence-corrected chi connectivity index (χ4v) is 4.90. The van der Waals surface area contributed by atoms with Gasteiger partial charge in [0.25, 0.3) is 5.88 Å². The highest BCUT2D eigenvalue weighted by Gasteiger charge is 2.23. The number of aliphatic hydroxyl groups is 1. The number of hydrogen-bond donors (Lipinski definition) is 1. The predicted octanol–water partition coefficient (Wildman–Crippen LogP) is 5.14. The summed E-state index contributed by atoms with van der Waals surface area (Å²) in [5, 5.41) is 10.2. The topological polar surface area (TPSA) is 67.2 Å². The number of hydrogen-bond acceptors (Lipinski definition) is 5. The molecule has 0 radical (unpaired) electrons. The van der Waals surface area contributed by atoms with E-state index in [-0.39, 0.29) is 6.61 Å². The SMILES string of the molecule is [C-]#[N+]c1ccc(-c2nc(OC[C@@H]3CCCN(C)C3)c3nccn3c2-c2ccc(C)cc2CO)cc1. The van der Waals surface area contributed by atoms with Crippen LogP contribution in [-0.2, 0) is 6.61 Å². The van der Waals surface area contributed by atoms with Gasteiger partial charge in [-0.3, -0.25) is 4.40 Å². The molecule has 0 unspecified atom stereocenters. The molecule has 7 nitrogen and oxygen atoms in total. The standard InChI is InChI=1S/C28H29N5O2/c1-19-6-11-24(22(15-19)17-34)26-25(21-7-9-23(29-2)10-8-21)31-28(27-30-12-14-33(26)27)35-18-20-5-4-13-32(3)16-20/h6-12,14-15,20,34H,4-5,13,16-18H2,1,3H3/t20-/m1/s1. The van der Waals surface area contributed by atoms with E-state index >= 15 is 0 Å². The number of nitrogens with zero attached hydrogens (tertiary/aromatic N) is 5. The average Bonchev–Trinajstić information content (AvgIpc) is 3.37. The second-order valence-electron chi connectivity index (χ2n) is 9.29. The molecule has 0 aliphatic carbocycles. The molecule has 2 aromatic heterocycles. The minimum Gasteiger partial charge on any atom is -0.475 e. The van der Waals surface area contributed by atoms with E-state index in [4.69, 9.17) is 16.3 Å². The normalized spacial score (nSPS) is 16.3. The number of aryl methyl sites for hydroxylation is 1. The van der Waals surface area contributed by atoms with Gasteiger partial charge in [0.15, 0.2) is 5.69 Å². The van der Waals surface area contributed by atoms with Crippen molar-refractivity contribution in [2.24, 2.45) is 5.92 Å². The van der Waals surface area contributed by atoms with Crippen molar-refractivity contribution in [1.82, 2.24) is 19.3 Å². The van der Waals surface area contributed by atoms with Gasteiger partial charge in [-0.25, -0.2) is 14.8 Å². The van der Waals surface area contributed by atoms with E-state index in [2.05, 4.69) is 21.8 Å². The van der Waals surface area contributed by atoms with Crippen LogP contribution < -0.4 is 4.74 Å². The lowest BCUT2D eigenvalue weighted by Crippen LogP contribution is -2.34. The maximum absolute atomic E-state index is 10.2. The zero-order valence-corrected chi connectivity index (χ0v) is 20.1. The molecule has 1 saturated heterocycles. The van der Waals surface area contributed by atoms with Crippen molar-refractivity contribution in [3.05, 3.63) is 77.4 Å². The first-order chi connectivity index (χ1) is 17.1. The summed E-state index contributed by atoms with van der Waals surface area (Å²) in [5.41, 5.74) is 6.43. The molecule has 1 N–H and O–H groups in total. The van der Waals surface area contributed by atoms with E-state index < -0.39 is 0 Å².